The van der Waals surface area contributed by atoms with Gasteiger partial charge in [-0.15, -0.1) is 0 Å². The topological polar surface area (TPSA) is 111 Å². The van der Waals surface area contributed by atoms with Crippen LogP contribution in [-0.2, 0) is 32.7 Å². The number of phosphoric acid groups is 1. The summed E-state index contributed by atoms with van der Waals surface area (Å²) in [7, 11) is 2.10. The van der Waals surface area contributed by atoms with Gasteiger partial charge in [-0.2, -0.15) is 0 Å². The first kappa shape index (κ1) is 46.2. The number of unbranched alkanes of at least 4 members (excludes halogenated alkanes) is 18. The number of hydrogen-bond acceptors (Lipinski definition) is 8. The molecule has 0 saturated heterocycles. The summed E-state index contributed by atoms with van der Waals surface area (Å²) < 4.78 is 34.3. The van der Waals surface area contributed by atoms with Crippen LogP contribution in [0.5, 0.6) is 0 Å². The summed E-state index contributed by atoms with van der Waals surface area (Å²) in [5.74, 6) is -0.230. The molecule has 2 atom stereocenters. The Morgan fingerprint density at radius 3 is 1.55 bits per heavy atom. The third-order valence-electron chi connectivity index (χ3n) is 8.21. The molecule has 0 radical (unpaired) electrons. The Bertz CT molecular complexity index is 802. The maximum atomic E-state index is 12.3. The van der Waals surface area contributed by atoms with Crippen molar-refractivity contribution in [1.82, 2.24) is 0 Å². The second-order valence-corrected chi connectivity index (χ2v) is 16.3. The molecule has 10 heteroatoms. The SMILES string of the molecule is CC(=O)CC(=O)OC(COCCCCCCCCCCCCCCC(C)C)COP(=O)([O-])OCCCCCCCCCC[N+](C)(C)C. The molecule has 0 bridgehead atoms. The van der Waals surface area contributed by atoms with Crippen LogP contribution in [0.15, 0.2) is 0 Å². The molecule has 0 aromatic heterocycles. The zero-order chi connectivity index (χ0) is 35.2. The molecule has 0 saturated carbocycles. The minimum absolute atomic E-state index is 0.00352. The number of Topliss-reactive ketones (excluding diaryl/α,β-unsaturated/α-hetero) is 1. The summed E-state index contributed by atoms with van der Waals surface area (Å²) in [5.41, 5.74) is 0. The van der Waals surface area contributed by atoms with Gasteiger partial charge in [0.15, 0.2) is 0 Å². The van der Waals surface area contributed by atoms with E-state index in [0.29, 0.717) is 13.0 Å². The van der Waals surface area contributed by atoms with Gasteiger partial charge in [0.2, 0.25) is 0 Å². The van der Waals surface area contributed by atoms with Crippen LogP contribution in [0.3, 0.4) is 0 Å². The standard InChI is InChI=1S/C37H74NO8P/c1-34(2)27-23-19-15-11-9-7-8-10-13-17-21-25-29-43-32-36(46-37(40)31-35(3)39)33-45-47(41,42)44-30-26-22-18-14-12-16-20-24-28-38(4,5)6/h34,36H,7-33H2,1-6H3. The largest absolute Gasteiger partial charge is 0.756 e. The molecule has 0 aliphatic rings. The summed E-state index contributed by atoms with van der Waals surface area (Å²) in [5, 5.41) is 0. The Labute approximate surface area is 289 Å². The summed E-state index contributed by atoms with van der Waals surface area (Å²) in [6, 6.07) is 0. The molecule has 0 spiro atoms. The van der Waals surface area contributed by atoms with Crippen LogP contribution in [0.1, 0.15) is 162 Å². The van der Waals surface area contributed by atoms with E-state index in [1.165, 1.54) is 103 Å². The van der Waals surface area contributed by atoms with Gasteiger partial charge in [0.25, 0.3) is 7.82 Å². The van der Waals surface area contributed by atoms with Crippen molar-refractivity contribution in [3.8, 4) is 0 Å². The Kier molecular flexibility index (Phi) is 29.5. The number of nitrogens with zero attached hydrogens (tertiary/aromatic N) is 1. The van der Waals surface area contributed by atoms with Crippen molar-refractivity contribution in [2.45, 2.75) is 168 Å². The van der Waals surface area contributed by atoms with Crippen molar-refractivity contribution in [2.75, 3.05) is 54.1 Å². The minimum Gasteiger partial charge on any atom is -0.756 e. The van der Waals surface area contributed by atoms with Crippen LogP contribution >= 0.6 is 7.82 Å². The molecule has 0 fully saturated rings. The highest BCUT2D eigenvalue weighted by Crippen LogP contribution is 2.38. The highest BCUT2D eigenvalue weighted by Gasteiger charge is 2.20. The second-order valence-electron chi connectivity index (χ2n) is 14.9. The maximum Gasteiger partial charge on any atom is 0.313 e. The lowest BCUT2D eigenvalue weighted by Gasteiger charge is -2.25. The summed E-state index contributed by atoms with van der Waals surface area (Å²) >= 11 is 0. The number of phosphoric ester groups is 1. The van der Waals surface area contributed by atoms with Gasteiger partial charge in [0.1, 0.15) is 18.3 Å². The average Bonchev–Trinajstić information content (AvgIpc) is 2.97. The lowest BCUT2D eigenvalue weighted by atomic mass is 10.0. The maximum absolute atomic E-state index is 12.3. The smallest absolute Gasteiger partial charge is 0.313 e. The van der Waals surface area contributed by atoms with Crippen molar-refractivity contribution in [2.24, 2.45) is 5.92 Å². The van der Waals surface area contributed by atoms with E-state index in [9.17, 15) is 19.0 Å². The molecule has 0 aliphatic carbocycles. The monoisotopic (exact) mass is 692 g/mol. The third kappa shape index (κ3) is 36.3. The minimum atomic E-state index is -4.55. The first-order valence-electron chi connectivity index (χ1n) is 19.0. The summed E-state index contributed by atoms with van der Waals surface area (Å²) in [4.78, 5) is 35.6. The summed E-state index contributed by atoms with van der Waals surface area (Å²) in [6.45, 7) is 7.23. The Morgan fingerprint density at radius 2 is 1.09 bits per heavy atom. The van der Waals surface area contributed by atoms with Crippen LogP contribution in [0.2, 0.25) is 0 Å². The Morgan fingerprint density at radius 1 is 0.638 bits per heavy atom. The lowest BCUT2D eigenvalue weighted by Crippen LogP contribution is -2.35. The van der Waals surface area contributed by atoms with Crippen molar-refractivity contribution >= 4 is 19.6 Å². The first-order chi connectivity index (χ1) is 22.3. The van der Waals surface area contributed by atoms with Crippen LogP contribution in [0.4, 0.5) is 0 Å². The highest BCUT2D eigenvalue weighted by atomic mass is 31.2. The van der Waals surface area contributed by atoms with Gasteiger partial charge in [-0.25, -0.2) is 0 Å². The molecular weight excluding hydrogens is 617 g/mol. The normalized spacial score (nSPS) is 14.0. The van der Waals surface area contributed by atoms with E-state index in [4.69, 9.17) is 18.5 Å². The quantitative estimate of drug-likeness (QED) is 0.0213. The van der Waals surface area contributed by atoms with Gasteiger partial charge in [-0.05, 0) is 38.5 Å². The third-order valence-corrected chi connectivity index (χ3v) is 9.17. The zero-order valence-electron chi connectivity index (χ0n) is 31.4. The molecule has 2 unspecified atom stereocenters. The number of ether oxygens (including phenoxy) is 2. The van der Waals surface area contributed by atoms with E-state index in [1.54, 1.807) is 0 Å². The second kappa shape index (κ2) is 30.0. The van der Waals surface area contributed by atoms with E-state index in [2.05, 4.69) is 35.0 Å². The molecule has 0 aromatic carbocycles. The number of rotatable bonds is 35. The van der Waals surface area contributed by atoms with E-state index in [-0.39, 0.29) is 25.4 Å². The first-order valence-corrected chi connectivity index (χ1v) is 20.4. The van der Waals surface area contributed by atoms with Gasteiger partial charge in [-0.3, -0.25) is 14.2 Å². The van der Waals surface area contributed by atoms with Gasteiger partial charge < -0.3 is 27.9 Å². The predicted octanol–water partition coefficient (Wildman–Crippen LogP) is 8.95. The fraction of sp³-hybridized carbons (Fsp3) is 0.946. The Balaban J connectivity index is 4.03. The van der Waals surface area contributed by atoms with Gasteiger partial charge in [0, 0.05) is 6.61 Å². The lowest BCUT2D eigenvalue weighted by molar-refractivity contribution is -0.870. The van der Waals surface area contributed by atoms with Gasteiger partial charge >= 0.3 is 5.97 Å². The van der Waals surface area contributed by atoms with Crippen molar-refractivity contribution < 1.29 is 42.1 Å². The Hall–Kier alpha value is -0.830. The molecule has 280 valence electrons. The van der Waals surface area contributed by atoms with Crippen molar-refractivity contribution in [3.63, 3.8) is 0 Å². The molecular formula is C37H74NO8P. The van der Waals surface area contributed by atoms with E-state index < -0.39 is 26.5 Å². The van der Waals surface area contributed by atoms with Crippen molar-refractivity contribution in [3.05, 3.63) is 0 Å². The number of carbonyl (C=O) groups excluding carboxylic acids is 2. The van der Waals surface area contributed by atoms with Crippen LogP contribution < -0.4 is 4.89 Å². The predicted molar refractivity (Wildman–Crippen MR) is 190 cm³/mol. The van der Waals surface area contributed by atoms with Crippen LogP contribution in [0.25, 0.3) is 0 Å². The van der Waals surface area contributed by atoms with Crippen molar-refractivity contribution in [1.29, 1.82) is 0 Å². The molecule has 9 nitrogen and oxygen atoms in total. The number of carbonyl (C=O) groups is 2. The van der Waals surface area contributed by atoms with Gasteiger partial charge in [-0.1, -0.05) is 123 Å². The fourth-order valence-corrected chi connectivity index (χ4v) is 6.20. The molecule has 0 rings (SSSR count). The van der Waals surface area contributed by atoms with E-state index in [1.807, 2.05) is 0 Å². The van der Waals surface area contributed by atoms with E-state index >= 15 is 0 Å². The zero-order valence-corrected chi connectivity index (χ0v) is 32.3. The molecule has 0 heterocycles. The number of esters is 1. The number of ketones is 1. The number of hydrogen-bond donors (Lipinski definition) is 0. The summed E-state index contributed by atoms with van der Waals surface area (Å²) in [6.07, 6.45) is 23.8. The molecule has 0 aliphatic heterocycles. The molecule has 0 aromatic rings. The highest BCUT2D eigenvalue weighted by molar-refractivity contribution is 7.45. The van der Waals surface area contributed by atoms with Gasteiger partial charge in [0.05, 0.1) is 47.5 Å². The average molecular weight is 692 g/mol. The molecule has 0 amide bonds. The van der Waals surface area contributed by atoms with Crippen LogP contribution in [0, 0.1) is 5.92 Å². The molecule has 0 N–H and O–H groups in total. The fourth-order valence-electron chi connectivity index (χ4n) is 5.42. The number of quaternary nitrogens is 1. The van der Waals surface area contributed by atoms with Crippen LogP contribution in [-0.4, -0.2) is 76.5 Å². The van der Waals surface area contributed by atoms with E-state index in [0.717, 1.165) is 48.9 Å². The molecule has 47 heavy (non-hydrogen) atoms.